The molecule has 1 aromatic rings. The van der Waals surface area contributed by atoms with Crippen LogP contribution in [0.25, 0.3) is 0 Å². The molecule has 1 aliphatic heterocycles. The third kappa shape index (κ3) is 6.84. The van der Waals surface area contributed by atoms with Crippen LogP contribution in [0.15, 0.2) is 29.3 Å². The first kappa shape index (κ1) is 20.5. The molecular formula is C18H30N4O3S. The first-order valence-electron chi connectivity index (χ1n) is 8.94. The molecule has 146 valence electrons. The summed E-state index contributed by atoms with van der Waals surface area (Å²) in [7, 11) is 0.471. The van der Waals surface area contributed by atoms with Crippen molar-refractivity contribution in [2.45, 2.75) is 25.8 Å². The summed E-state index contributed by atoms with van der Waals surface area (Å²) >= 11 is 0. The van der Waals surface area contributed by atoms with E-state index >= 15 is 0 Å². The number of aliphatic imine (C=N–C) groups is 1. The smallest absolute Gasteiger partial charge is 0.229 e. The second-order valence-electron chi connectivity index (χ2n) is 6.70. The zero-order valence-electron chi connectivity index (χ0n) is 15.9. The van der Waals surface area contributed by atoms with E-state index in [4.69, 9.17) is 4.74 Å². The number of anilines is 1. The lowest BCUT2D eigenvalue weighted by Crippen LogP contribution is -2.39. The molecule has 2 N–H and O–H groups in total. The molecule has 0 saturated carbocycles. The van der Waals surface area contributed by atoms with E-state index in [2.05, 4.69) is 19.9 Å². The molecule has 1 fully saturated rings. The molecule has 0 aliphatic carbocycles. The molecule has 0 radical (unpaired) electrons. The highest BCUT2D eigenvalue weighted by Gasteiger charge is 2.15. The Morgan fingerprint density at radius 1 is 1.31 bits per heavy atom. The Kier molecular flexibility index (Phi) is 7.71. The summed E-state index contributed by atoms with van der Waals surface area (Å²) < 4.78 is 31.0. The standard InChI is InChI=1S/C18H30N4O3S/c1-19-18(22(2)11-8-15-9-12-25-13-10-15)20-14-16-6-4-5-7-17(16)21-26(3,23)24/h4-7,15,21H,8-14H2,1-3H3,(H,19,20). The van der Waals surface area contributed by atoms with Crippen LogP contribution in [0.3, 0.4) is 0 Å². The summed E-state index contributed by atoms with van der Waals surface area (Å²) in [4.78, 5) is 6.45. The van der Waals surface area contributed by atoms with Gasteiger partial charge < -0.3 is 15.0 Å². The van der Waals surface area contributed by atoms with E-state index < -0.39 is 10.0 Å². The molecule has 0 spiro atoms. The van der Waals surface area contributed by atoms with Gasteiger partial charge in [0.05, 0.1) is 11.9 Å². The summed E-state index contributed by atoms with van der Waals surface area (Å²) in [5, 5.41) is 3.32. The average Bonchev–Trinajstić information content (AvgIpc) is 2.61. The Morgan fingerprint density at radius 3 is 2.65 bits per heavy atom. The molecule has 2 rings (SSSR count). The van der Waals surface area contributed by atoms with E-state index in [-0.39, 0.29) is 0 Å². The van der Waals surface area contributed by atoms with Crippen molar-refractivity contribution in [2.24, 2.45) is 10.9 Å². The Hall–Kier alpha value is -1.80. The predicted octanol–water partition coefficient (Wildman–Crippen LogP) is 1.88. The Bertz CT molecular complexity index is 700. The van der Waals surface area contributed by atoms with Gasteiger partial charge in [0.15, 0.2) is 5.96 Å². The van der Waals surface area contributed by atoms with Gasteiger partial charge in [0.2, 0.25) is 10.0 Å². The molecule has 0 unspecified atom stereocenters. The van der Waals surface area contributed by atoms with Gasteiger partial charge in [-0.05, 0) is 36.8 Å². The lowest BCUT2D eigenvalue weighted by atomic mass is 9.96. The number of ether oxygens (including phenoxy) is 1. The Labute approximate surface area is 156 Å². The molecule has 0 aromatic heterocycles. The molecule has 1 aromatic carbocycles. The number of guanidine groups is 1. The third-order valence-corrected chi connectivity index (χ3v) is 5.13. The second kappa shape index (κ2) is 9.78. The van der Waals surface area contributed by atoms with Gasteiger partial charge in [-0.3, -0.25) is 9.71 Å². The summed E-state index contributed by atoms with van der Waals surface area (Å²) in [6.07, 6.45) is 4.53. The van der Waals surface area contributed by atoms with Crippen LogP contribution < -0.4 is 10.0 Å². The van der Waals surface area contributed by atoms with E-state index in [9.17, 15) is 8.42 Å². The van der Waals surface area contributed by atoms with Crippen LogP contribution in [0.4, 0.5) is 5.69 Å². The number of nitrogens with zero attached hydrogens (tertiary/aromatic N) is 2. The fourth-order valence-corrected chi connectivity index (χ4v) is 3.65. The number of sulfonamides is 1. The number of benzene rings is 1. The van der Waals surface area contributed by atoms with E-state index in [1.807, 2.05) is 25.2 Å². The monoisotopic (exact) mass is 382 g/mol. The fourth-order valence-electron chi connectivity index (χ4n) is 3.05. The van der Waals surface area contributed by atoms with Crippen molar-refractivity contribution < 1.29 is 13.2 Å². The molecule has 1 saturated heterocycles. The average molecular weight is 383 g/mol. The van der Waals surface area contributed by atoms with Gasteiger partial charge in [0.1, 0.15) is 0 Å². The topological polar surface area (TPSA) is 83.0 Å². The summed E-state index contributed by atoms with van der Waals surface area (Å²) in [6.45, 7) is 3.15. The Balaban J connectivity index is 1.90. The molecule has 7 nitrogen and oxygen atoms in total. The minimum absolute atomic E-state index is 0.493. The van der Waals surface area contributed by atoms with Crippen LogP contribution in [0.1, 0.15) is 24.8 Å². The fraction of sp³-hybridized carbons (Fsp3) is 0.611. The second-order valence-corrected chi connectivity index (χ2v) is 8.45. The van der Waals surface area contributed by atoms with Crippen LogP contribution in [-0.2, 0) is 21.3 Å². The minimum Gasteiger partial charge on any atom is -0.381 e. The van der Waals surface area contributed by atoms with E-state index in [1.165, 1.54) is 0 Å². The highest BCUT2D eigenvalue weighted by atomic mass is 32.2. The first-order chi connectivity index (χ1) is 12.4. The summed E-state index contributed by atoms with van der Waals surface area (Å²) in [5.74, 6) is 1.51. The van der Waals surface area contributed by atoms with Gasteiger partial charge >= 0.3 is 0 Å². The molecule has 8 heteroatoms. The van der Waals surface area contributed by atoms with Crippen LogP contribution >= 0.6 is 0 Å². The van der Waals surface area contributed by atoms with Crippen molar-refractivity contribution >= 4 is 21.7 Å². The lowest BCUT2D eigenvalue weighted by molar-refractivity contribution is 0.0625. The SMILES string of the molecule is CN=C(NCc1ccccc1NS(C)(=O)=O)N(C)CCC1CCOCC1. The van der Waals surface area contributed by atoms with Gasteiger partial charge in [0, 0.05) is 40.4 Å². The van der Waals surface area contributed by atoms with Crippen molar-refractivity contribution in [3.05, 3.63) is 29.8 Å². The quantitative estimate of drug-likeness (QED) is 0.556. The summed E-state index contributed by atoms with van der Waals surface area (Å²) in [6, 6.07) is 7.36. The van der Waals surface area contributed by atoms with Gasteiger partial charge in [-0.1, -0.05) is 18.2 Å². The highest BCUT2D eigenvalue weighted by Crippen LogP contribution is 2.19. The van der Waals surface area contributed by atoms with Gasteiger partial charge in [-0.2, -0.15) is 0 Å². The lowest BCUT2D eigenvalue weighted by Gasteiger charge is -2.27. The van der Waals surface area contributed by atoms with Crippen LogP contribution in [0, 0.1) is 5.92 Å². The van der Waals surface area contributed by atoms with Crippen molar-refractivity contribution in [3.63, 3.8) is 0 Å². The number of rotatable bonds is 7. The number of hydrogen-bond donors (Lipinski definition) is 2. The molecule has 0 bridgehead atoms. The maximum Gasteiger partial charge on any atom is 0.229 e. The number of hydrogen-bond acceptors (Lipinski definition) is 4. The maximum atomic E-state index is 11.5. The van der Waals surface area contributed by atoms with Crippen LogP contribution in [-0.4, -0.2) is 59.4 Å². The first-order valence-corrected chi connectivity index (χ1v) is 10.8. The predicted molar refractivity (Wildman–Crippen MR) is 106 cm³/mol. The van der Waals surface area contributed by atoms with Gasteiger partial charge in [0.25, 0.3) is 0 Å². The minimum atomic E-state index is -3.31. The van der Waals surface area contributed by atoms with Crippen molar-refractivity contribution in [2.75, 3.05) is 44.8 Å². The number of nitrogens with one attached hydrogen (secondary N) is 2. The van der Waals surface area contributed by atoms with Crippen molar-refractivity contribution in [3.8, 4) is 0 Å². The molecular weight excluding hydrogens is 352 g/mol. The van der Waals surface area contributed by atoms with Crippen LogP contribution in [0.2, 0.25) is 0 Å². The van der Waals surface area contributed by atoms with E-state index in [1.54, 1.807) is 13.1 Å². The zero-order chi connectivity index (χ0) is 19.0. The van der Waals surface area contributed by atoms with E-state index in [0.29, 0.717) is 18.2 Å². The molecule has 1 aliphatic rings. The largest absolute Gasteiger partial charge is 0.381 e. The zero-order valence-corrected chi connectivity index (χ0v) is 16.7. The number of para-hydroxylation sites is 1. The molecule has 26 heavy (non-hydrogen) atoms. The third-order valence-electron chi connectivity index (χ3n) is 4.54. The normalized spacial score (nSPS) is 16.3. The molecule has 0 atom stereocenters. The van der Waals surface area contributed by atoms with Gasteiger partial charge in [-0.25, -0.2) is 8.42 Å². The van der Waals surface area contributed by atoms with E-state index in [0.717, 1.165) is 56.8 Å². The van der Waals surface area contributed by atoms with Crippen molar-refractivity contribution in [1.82, 2.24) is 10.2 Å². The molecule has 0 amide bonds. The van der Waals surface area contributed by atoms with Gasteiger partial charge in [-0.15, -0.1) is 0 Å². The maximum absolute atomic E-state index is 11.5. The van der Waals surface area contributed by atoms with Crippen LogP contribution in [0.5, 0.6) is 0 Å². The highest BCUT2D eigenvalue weighted by molar-refractivity contribution is 7.92. The summed E-state index contributed by atoms with van der Waals surface area (Å²) in [5.41, 5.74) is 1.46. The molecule has 1 heterocycles. The van der Waals surface area contributed by atoms with Crippen molar-refractivity contribution in [1.29, 1.82) is 0 Å². The Morgan fingerprint density at radius 2 is 2.00 bits per heavy atom.